The zero-order chi connectivity index (χ0) is 33.3. The number of hydroxylamine groups is 1. The molecule has 0 bridgehead atoms. The Bertz CT molecular complexity index is 1500. The number of carbonyl (C=O) groups excluding carboxylic acids is 2. The maximum absolute atomic E-state index is 14.3. The second-order valence-corrected chi connectivity index (χ2v) is 17.4. The molecule has 0 saturated heterocycles. The first-order valence-electron chi connectivity index (χ1n) is 16.8. The predicted octanol–water partition coefficient (Wildman–Crippen LogP) is 6.85. The molecule has 0 spiro atoms. The third-order valence-corrected chi connectivity index (χ3v) is 14.5. The Hall–Kier alpha value is -2.24. The lowest BCUT2D eigenvalue weighted by molar-refractivity contribution is -0.161. The maximum Gasteiger partial charge on any atom is 0.511 e. The molecule has 10 unspecified atom stereocenters. The van der Waals surface area contributed by atoms with E-state index < -0.39 is 27.0 Å². The van der Waals surface area contributed by atoms with E-state index in [1.165, 1.54) is 5.57 Å². The fourth-order valence-corrected chi connectivity index (χ4v) is 11.8. The minimum atomic E-state index is -5.46. The van der Waals surface area contributed by atoms with Crippen LogP contribution in [0, 0.1) is 51.8 Å². The van der Waals surface area contributed by atoms with Crippen LogP contribution in [-0.2, 0) is 31.1 Å². The molecule has 5 aliphatic rings. The van der Waals surface area contributed by atoms with Gasteiger partial charge in [-0.1, -0.05) is 63.6 Å². The van der Waals surface area contributed by atoms with Gasteiger partial charge in [-0.3, -0.25) is 14.4 Å². The summed E-state index contributed by atoms with van der Waals surface area (Å²) in [5, 5.41) is 0. The zero-order valence-electron chi connectivity index (χ0n) is 27.2. The Morgan fingerprint density at radius 1 is 0.957 bits per heavy atom. The second kappa shape index (κ2) is 11.7. The number of carbonyl (C=O) groups is 2. The van der Waals surface area contributed by atoms with E-state index in [9.17, 15) is 31.2 Å². The molecule has 0 radical (unpaired) electrons. The monoisotopic (exact) mass is 664 g/mol. The number of allylic oxidation sites excluding steroid dienone is 2. The molecular formula is C35H47F3N2O5S. The lowest BCUT2D eigenvalue weighted by Crippen LogP contribution is -2.63. The number of ketones is 1. The molecule has 7 nitrogen and oxygen atoms in total. The molecule has 1 aromatic carbocycles. The summed E-state index contributed by atoms with van der Waals surface area (Å²) in [5.74, 6) is -0.631. The van der Waals surface area contributed by atoms with Gasteiger partial charge in [-0.15, -0.1) is 0 Å². The van der Waals surface area contributed by atoms with E-state index in [1.54, 1.807) is 0 Å². The zero-order valence-corrected chi connectivity index (χ0v) is 28.0. The van der Waals surface area contributed by atoms with Crippen molar-refractivity contribution >= 4 is 21.7 Å². The van der Waals surface area contributed by atoms with Gasteiger partial charge in [0.15, 0.2) is 5.78 Å². The van der Waals surface area contributed by atoms with Crippen molar-refractivity contribution in [2.45, 2.75) is 104 Å². The Balaban J connectivity index is 1.21. The van der Waals surface area contributed by atoms with E-state index in [-0.39, 0.29) is 71.1 Å². The number of amides is 1. The van der Waals surface area contributed by atoms with Crippen molar-refractivity contribution in [3.05, 3.63) is 47.5 Å². The van der Waals surface area contributed by atoms with Crippen molar-refractivity contribution in [2.75, 3.05) is 0 Å². The van der Waals surface area contributed by atoms with Gasteiger partial charge < -0.3 is 0 Å². The normalized spacial score (nSPS) is 40.9. The van der Waals surface area contributed by atoms with Crippen molar-refractivity contribution < 1.29 is 36.0 Å². The average Bonchev–Trinajstić information content (AvgIpc) is 2.98. The van der Waals surface area contributed by atoms with Crippen molar-refractivity contribution in [1.29, 1.82) is 0 Å². The number of halogens is 3. The fraction of sp³-hybridized carbons (Fsp3) is 0.714. The van der Waals surface area contributed by atoms with Gasteiger partial charge in [0.1, 0.15) is 0 Å². The molecule has 11 heteroatoms. The highest BCUT2D eigenvalue weighted by Gasteiger charge is 2.65. The smallest absolute Gasteiger partial charge is 0.295 e. The lowest BCUT2D eigenvalue weighted by atomic mass is 9.38. The summed E-state index contributed by atoms with van der Waals surface area (Å²) in [5.41, 5.74) is -1.27. The number of benzene rings is 1. The van der Waals surface area contributed by atoms with E-state index in [1.807, 2.05) is 48.1 Å². The number of rotatable bonds is 6. The summed E-state index contributed by atoms with van der Waals surface area (Å²) in [6, 6.07) is 8.83. The van der Waals surface area contributed by atoms with Crippen molar-refractivity contribution in [1.82, 2.24) is 10.2 Å². The molecule has 4 saturated carbocycles. The van der Waals surface area contributed by atoms with Crippen molar-refractivity contribution in [3.8, 4) is 0 Å². The van der Waals surface area contributed by atoms with Crippen LogP contribution < -0.4 is 10.2 Å². The molecule has 0 aromatic heterocycles. The quantitative estimate of drug-likeness (QED) is 0.324. The highest BCUT2D eigenvalue weighted by Crippen LogP contribution is 2.69. The van der Waals surface area contributed by atoms with E-state index in [4.69, 9.17) is 4.84 Å². The number of sulfonamides is 1. The van der Waals surface area contributed by atoms with E-state index in [2.05, 4.69) is 26.3 Å². The molecule has 1 aromatic rings. The molecule has 1 amide bonds. The summed E-state index contributed by atoms with van der Waals surface area (Å²) in [7, 11) is -5.46. The summed E-state index contributed by atoms with van der Waals surface area (Å²) in [4.78, 5) is 33.2. The fourth-order valence-electron chi connectivity index (χ4n) is 10.9. The second-order valence-electron chi connectivity index (χ2n) is 15.7. The molecular weight excluding hydrogens is 617 g/mol. The van der Waals surface area contributed by atoms with E-state index in [0.29, 0.717) is 12.8 Å². The van der Waals surface area contributed by atoms with Gasteiger partial charge in [0.05, 0.1) is 6.61 Å². The number of hydrogen-bond acceptors (Lipinski definition) is 5. The molecule has 6 rings (SSSR count). The van der Waals surface area contributed by atoms with Crippen LogP contribution >= 0.6 is 0 Å². The Kier molecular flexibility index (Phi) is 8.58. The van der Waals surface area contributed by atoms with Gasteiger partial charge in [0, 0.05) is 17.9 Å². The summed E-state index contributed by atoms with van der Waals surface area (Å²) in [6.07, 6.45) is 8.47. The molecule has 0 aliphatic heterocycles. The topological polar surface area (TPSA) is 102 Å². The first-order chi connectivity index (χ1) is 21.5. The molecule has 4 fully saturated rings. The minimum Gasteiger partial charge on any atom is -0.295 e. The standard InChI is InChI=1S/C35H47F3N2O5S/c1-21-25-12-16-34(4)26-11-15-32(2)14-10-23(31(42)39-45-20-22-8-6-5-7-9-22)18-27(32)24(26)19-29(41)30(34)33(25,3)17-13-28(21)40-46(43,44)35(36,37)38/h5-9,19,21,23,25-28,30,40H,10-18,20H2,1-4H3,(H,39,42). The Morgan fingerprint density at radius 2 is 1.63 bits per heavy atom. The van der Waals surface area contributed by atoms with Crippen LogP contribution in [0.3, 0.4) is 0 Å². The summed E-state index contributed by atoms with van der Waals surface area (Å²) >= 11 is 0. The first kappa shape index (κ1) is 33.7. The van der Waals surface area contributed by atoms with Crippen molar-refractivity contribution in [3.63, 3.8) is 0 Å². The van der Waals surface area contributed by atoms with Gasteiger partial charge in [0.25, 0.3) is 0 Å². The summed E-state index contributed by atoms with van der Waals surface area (Å²) < 4.78 is 65.5. The molecule has 10 atom stereocenters. The van der Waals surface area contributed by atoms with Crippen LogP contribution in [0.4, 0.5) is 13.2 Å². The van der Waals surface area contributed by atoms with Crippen LogP contribution in [0.2, 0.25) is 0 Å². The van der Waals surface area contributed by atoms with Gasteiger partial charge in [0.2, 0.25) is 5.91 Å². The Morgan fingerprint density at radius 3 is 2.33 bits per heavy atom. The number of hydrogen-bond donors (Lipinski definition) is 2. The van der Waals surface area contributed by atoms with E-state index in [0.717, 1.165) is 44.1 Å². The first-order valence-corrected chi connectivity index (χ1v) is 18.3. The van der Waals surface area contributed by atoms with E-state index >= 15 is 0 Å². The largest absolute Gasteiger partial charge is 0.511 e. The average molecular weight is 665 g/mol. The number of nitrogens with one attached hydrogen (secondary N) is 2. The van der Waals surface area contributed by atoms with Crippen LogP contribution in [0.15, 0.2) is 42.0 Å². The number of alkyl halides is 3. The molecule has 2 N–H and O–H groups in total. The number of fused-ring (bicyclic) bond motifs is 7. The highest BCUT2D eigenvalue weighted by atomic mass is 32.2. The van der Waals surface area contributed by atoms with Gasteiger partial charge in [-0.2, -0.15) is 13.2 Å². The van der Waals surface area contributed by atoms with Crippen molar-refractivity contribution in [2.24, 2.45) is 51.8 Å². The molecule has 46 heavy (non-hydrogen) atoms. The van der Waals surface area contributed by atoms with Crippen LogP contribution in [0.25, 0.3) is 0 Å². The van der Waals surface area contributed by atoms with Crippen LogP contribution in [-0.4, -0.2) is 31.7 Å². The molecule has 5 aliphatic carbocycles. The van der Waals surface area contributed by atoms with Gasteiger partial charge in [-0.05, 0) is 109 Å². The van der Waals surface area contributed by atoms with Crippen LogP contribution in [0.5, 0.6) is 0 Å². The van der Waals surface area contributed by atoms with Gasteiger partial charge >= 0.3 is 15.5 Å². The lowest BCUT2D eigenvalue weighted by Gasteiger charge is -2.65. The minimum absolute atomic E-state index is 0.0107. The van der Waals surface area contributed by atoms with Gasteiger partial charge in [-0.25, -0.2) is 18.6 Å². The molecule has 254 valence electrons. The predicted molar refractivity (Wildman–Crippen MR) is 167 cm³/mol. The SMILES string of the molecule is CC1C(NS(=O)(=O)C(F)(F)F)CCC2(C)C1CCC1(C)C3CCC4(C)CCC(C(=O)NOCc5ccccc5)CC4C3=CC(=O)C12. The highest BCUT2D eigenvalue weighted by molar-refractivity contribution is 7.90. The van der Waals surface area contributed by atoms with Crippen LogP contribution in [0.1, 0.15) is 91.0 Å². The molecule has 0 heterocycles. The summed E-state index contributed by atoms with van der Waals surface area (Å²) in [6.45, 7) is 8.79. The third-order valence-electron chi connectivity index (χ3n) is 13.3. The Labute approximate surface area is 270 Å². The third kappa shape index (κ3) is 5.55. The maximum atomic E-state index is 14.3.